The number of benzene rings is 1. The third kappa shape index (κ3) is 5.89. The van der Waals surface area contributed by atoms with E-state index in [1.165, 1.54) is 6.92 Å². The van der Waals surface area contributed by atoms with Crippen LogP contribution in [0.5, 0.6) is 5.75 Å². The van der Waals surface area contributed by atoms with Crippen LogP contribution in [0.15, 0.2) is 24.3 Å². The van der Waals surface area contributed by atoms with Crippen molar-refractivity contribution in [2.75, 3.05) is 13.1 Å². The van der Waals surface area contributed by atoms with Gasteiger partial charge in [-0.15, -0.1) is 0 Å². The number of hydrogen-bond donors (Lipinski definition) is 1. The minimum atomic E-state index is -0.413. The van der Waals surface area contributed by atoms with Gasteiger partial charge in [-0.1, -0.05) is 19.4 Å². The van der Waals surface area contributed by atoms with Gasteiger partial charge in [0.05, 0.1) is 0 Å². The van der Waals surface area contributed by atoms with Crippen molar-refractivity contribution in [3.63, 3.8) is 0 Å². The predicted octanol–water partition coefficient (Wildman–Crippen LogP) is 2.52. The molecule has 1 aliphatic rings. The molecule has 136 valence electrons. The smallest absolute Gasteiger partial charge is 0.308 e. The molecular formula is C19H26N2O4. The van der Waals surface area contributed by atoms with E-state index in [0.29, 0.717) is 30.8 Å². The lowest BCUT2D eigenvalue weighted by atomic mass is 10.0. The van der Waals surface area contributed by atoms with Gasteiger partial charge in [-0.25, -0.2) is 0 Å². The predicted molar refractivity (Wildman–Crippen MR) is 94.3 cm³/mol. The largest absolute Gasteiger partial charge is 0.427 e. The van der Waals surface area contributed by atoms with Crippen LogP contribution in [0.2, 0.25) is 0 Å². The normalized spacial score (nSPS) is 14.9. The minimum Gasteiger partial charge on any atom is -0.427 e. The van der Waals surface area contributed by atoms with Gasteiger partial charge in [-0.05, 0) is 37.5 Å². The van der Waals surface area contributed by atoms with Crippen molar-refractivity contribution in [1.82, 2.24) is 10.2 Å². The maximum atomic E-state index is 12.6. The highest BCUT2D eigenvalue weighted by Crippen LogP contribution is 2.18. The van der Waals surface area contributed by atoms with Gasteiger partial charge in [0.15, 0.2) is 0 Å². The van der Waals surface area contributed by atoms with Crippen LogP contribution in [0.25, 0.3) is 0 Å². The Balaban J connectivity index is 1.87. The standard InChI is InChI=1S/C19H26N2O4/c1-3-4-8-18(23)20-16-9-11-21(12-10-16)19(24)15-6-5-7-17(13-15)25-14(2)22/h5-7,13,16H,3-4,8-12H2,1-2H3,(H,20,23). The average Bonchev–Trinajstić information content (AvgIpc) is 2.59. The SMILES string of the molecule is CCCCC(=O)NC1CCN(C(=O)c2cccc(OC(C)=O)c2)CC1. The van der Waals surface area contributed by atoms with E-state index in [2.05, 4.69) is 12.2 Å². The third-order valence-electron chi connectivity index (χ3n) is 4.25. The first-order valence-electron chi connectivity index (χ1n) is 8.86. The lowest BCUT2D eigenvalue weighted by Gasteiger charge is -2.32. The van der Waals surface area contributed by atoms with E-state index >= 15 is 0 Å². The number of carbonyl (C=O) groups is 3. The second-order valence-corrected chi connectivity index (χ2v) is 6.36. The first-order valence-corrected chi connectivity index (χ1v) is 8.86. The summed E-state index contributed by atoms with van der Waals surface area (Å²) in [5.41, 5.74) is 0.504. The molecule has 1 fully saturated rings. The first-order chi connectivity index (χ1) is 12.0. The lowest BCUT2D eigenvalue weighted by Crippen LogP contribution is -2.46. The summed E-state index contributed by atoms with van der Waals surface area (Å²) in [6, 6.07) is 6.79. The molecule has 1 aromatic carbocycles. The Hall–Kier alpha value is -2.37. The summed E-state index contributed by atoms with van der Waals surface area (Å²) < 4.78 is 5.03. The number of piperidine rings is 1. The van der Waals surface area contributed by atoms with Crippen LogP contribution in [-0.4, -0.2) is 41.8 Å². The van der Waals surface area contributed by atoms with Crippen LogP contribution in [-0.2, 0) is 9.59 Å². The number of carbonyl (C=O) groups excluding carboxylic acids is 3. The summed E-state index contributed by atoms with van der Waals surface area (Å²) in [5.74, 6) is -0.0221. The number of likely N-dealkylation sites (tertiary alicyclic amines) is 1. The monoisotopic (exact) mass is 346 g/mol. The van der Waals surface area contributed by atoms with E-state index in [0.717, 1.165) is 25.7 Å². The summed E-state index contributed by atoms with van der Waals surface area (Å²) in [4.78, 5) is 37.2. The van der Waals surface area contributed by atoms with Crippen LogP contribution >= 0.6 is 0 Å². The Morgan fingerprint density at radius 2 is 1.96 bits per heavy atom. The molecule has 1 aliphatic heterocycles. The van der Waals surface area contributed by atoms with Gasteiger partial charge in [0.25, 0.3) is 5.91 Å². The Morgan fingerprint density at radius 3 is 2.60 bits per heavy atom. The summed E-state index contributed by atoms with van der Waals surface area (Å²) in [7, 11) is 0. The van der Waals surface area contributed by atoms with Crippen LogP contribution in [0.1, 0.15) is 56.3 Å². The van der Waals surface area contributed by atoms with Crippen molar-refractivity contribution >= 4 is 17.8 Å². The van der Waals surface area contributed by atoms with E-state index in [4.69, 9.17) is 4.74 Å². The van der Waals surface area contributed by atoms with Gasteiger partial charge >= 0.3 is 5.97 Å². The molecule has 0 aromatic heterocycles. The molecule has 1 N–H and O–H groups in total. The Labute approximate surface area is 148 Å². The number of nitrogens with one attached hydrogen (secondary N) is 1. The molecule has 0 saturated carbocycles. The summed E-state index contributed by atoms with van der Waals surface area (Å²) in [6.45, 7) is 4.60. The van der Waals surface area contributed by atoms with Gasteiger partial charge < -0.3 is 15.0 Å². The maximum absolute atomic E-state index is 12.6. The second-order valence-electron chi connectivity index (χ2n) is 6.36. The quantitative estimate of drug-likeness (QED) is 0.634. The van der Waals surface area contributed by atoms with Gasteiger partial charge in [0, 0.05) is 38.0 Å². The van der Waals surface area contributed by atoms with Crippen LogP contribution in [0.4, 0.5) is 0 Å². The molecule has 1 heterocycles. The third-order valence-corrected chi connectivity index (χ3v) is 4.25. The number of hydrogen-bond acceptors (Lipinski definition) is 4. The molecule has 1 aromatic rings. The lowest BCUT2D eigenvalue weighted by molar-refractivity contribution is -0.132. The molecule has 1 saturated heterocycles. The van der Waals surface area contributed by atoms with E-state index in [-0.39, 0.29) is 17.9 Å². The number of ether oxygens (including phenoxy) is 1. The molecular weight excluding hydrogens is 320 g/mol. The highest BCUT2D eigenvalue weighted by Gasteiger charge is 2.24. The van der Waals surface area contributed by atoms with Crippen molar-refractivity contribution < 1.29 is 19.1 Å². The van der Waals surface area contributed by atoms with Crippen molar-refractivity contribution in [2.24, 2.45) is 0 Å². The van der Waals surface area contributed by atoms with Crippen molar-refractivity contribution in [3.05, 3.63) is 29.8 Å². The zero-order valence-electron chi connectivity index (χ0n) is 14.9. The molecule has 0 radical (unpaired) electrons. The average molecular weight is 346 g/mol. The number of amides is 2. The van der Waals surface area contributed by atoms with Gasteiger partial charge in [-0.2, -0.15) is 0 Å². The Bertz CT molecular complexity index is 622. The molecule has 0 aliphatic carbocycles. The van der Waals surface area contributed by atoms with Crippen LogP contribution in [0.3, 0.4) is 0 Å². The van der Waals surface area contributed by atoms with E-state index in [9.17, 15) is 14.4 Å². The molecule has 6 heteroatoms. The molecule has 25 heavy (non-hydrogen) atoms. The fourth-order valence-electron chi connectivity index (χ4n) is 2.91. The molecule has 6 nitrogen and oxygen atoms in total. The van der Waals surface area contributed by atoms with E-state index < -0.39 is 5.97 Å². The summed E-state index contributed by atoms with van der Waals surface area (Å²) in [6.07, 6.45) is 3.99. The van der Waals surface area contributed by atoms with E-state index in [1.54, 1.807) is 29.2 Å². The minimum absolute atomic E-state index is 0.0789. The fraction of sp³-hybridized carbons (Fsp3) is 0.526. The zero-order chi connectivity index (χ0) is 18.2. The maximum Gasteiger partial charge on any atom is 0.308 e. The molecule has 0 atom stereocenters. The summed E-state index contributed by atoms with van der Waals surface area (Å²) in [5, 5.41) is 3.05. The first kappa shape index (κ1) is 19.0. The van der Waals surface area contributed by atoms with E-state index in [1.807, 2.05) is 0 Å². The highest BCUT2D eigenvalue weighted by molar-refractivity contribution is 5.94. The van der Waals surface area contributed by atoms with Crippen LogP contribution in [0, 0.1) is 0 Å². The molecule has 0 bridgehead atoms. The second kappa shape index (κ2) is 9.20. The number of unbranched alkanes of at least 4 members (excludes halogenated alkanes) is 1. The Kier molecular flexibility index (Phi) is 6.98. The summed E-state index contributed by atoms with van der Waals surface area (Å²) >= 11 is 0. The number of nitrogens with zero attached hydrogens (tertiary/aromatic N) is 1. The fourth-order valence-corrected chi connectivity index (χ4v) is 2.91. The topological polar surface area (TPSA) is 75.7 Å². The van der Waals surface area contributed by atoms with Crippen molar-refractivity contribution in [2.45, 2.75) is 52.0 Å². The molecule has 0 unspecified atom stereocenters. The van der Waals surface area contributed by atoms with Gasteiger partial charge in [0.2, 0.25) is 5.91 Å². The molecule has 0 spiro atoms. The molecule has 2 amide bonds. The van der Waals surface area contributed by atoms with Gasteiger partial charge in [-0.3, -0.25) is 14.4 Å². The number of rotatable bonds is 6. The van der Waals surface area contributed by atoms with Crippen LogP contribution < -0.4 is 10.1 Å². The Morgan fingerprint density at radius 1 is 1.24 bits per heavy atom. The molecule has 2 rings (SSSR count). The number of esters is 1. The highest BCUT2D eigenvalue weighted by atomic mass is 16.5. The van der Waals surface area contributed by atoms with Gasteiger partial charge in [0.1, 0.15) is 5.75 Å². The zero-order valence-corrected chi connectivity index (χ0v) is 14.9. The van der Waals surface area contributed by atoms with Crippen molar-refractivity contribution in [1.29, 1.82) is 0 Å². The van der Waals surface area contributed by atoms with Crippen molar-refractivity contribution in [3.8, 4) is 5.75 Å².